The fourth-order valence-corrected chi connectivity index (χ4v) is 2.45. The molecule has 0 atom stereocenters. The Hall–Kier alpha value is -1.24. The molecular weight excluding hydrogens is 287 g/mol. The van der Waals surface area contributed by atoms with E-state index in [1.807, 2.05) is 17.5 Å². The van der Waals surface area contributed by atoms with E-state index in [0.717, 1.165) is 0 Å². The lowest BCUT2D eigenvalue weighted by molar-refractivity contribution is -0.132. The first-order chi connectivity index (χ1) is 9.24. The van der Waals surface area contributed by atoms with Gasteiger partial charge >= 0.3 is 6.18 Å². The highest BCUT2D eigenvalue weighted by Gasteiger charge is 2.26. The van der Waals surface area contributed by atoms with Crippen molar-refractivity contribution in [2.75, 3.05) is 20.1 Å². The quantitative estimate of drug-likeness (QED) is 0.647. The van der Waals surface area contributed by atoms with Gasteiger partial charge in [-0.25, -0.2) is 0 Å². The Labute approximate surface area is 121 Å². The molecule has 1 aromatic rings. The van der Waals surface area contributed by atoms with Crippen LogP contribution in [0.15, 0.2) is 22.5 Å². The monoisotopic (exact) mass is 307 g/mol. The zero-order valence-electron chi connectivity index (χ0n) is 11.8. The molecule has 1 heterocycles. The number of nitrogens with one attached hydrogen (secondary N) is 2. The number of hydrogen-bond donors (Lipinski definition) is 2. The standard InChI is InChI=1S/C13H20F3N3S/c1-12(2,10-5-4-8-20-10)9-19-11(17-3)18-7-6-13(14,15)16/h4-5,8H,6-7,9H2,1-3H3,(H2,17,18,19). The third kappa shape index (κ3) is 5.81. The summed E-state index contributed by atoms with van der Waals surface area (Å²) in [5, 5.41) is 7.74. The van der Waals surface area contributed by atoms with Gasteiger partial charge in [0.2, 0.25) is 0 Å². The van der Waals surface area contributed by atoms with Gasteiger partial charge in [-0.2, -0.15) is 13.2 Å². The van der Waals surface area contributed by atoms with Crippen LogP contribution in [0.5, 0.6) is 0 Å². The largest absolute Gasteiger partial charge is 0.390 e. The van der Waals surface area contributed by atoms with Gasteiger partial charge in [-0.15, -0.1) is 11.3 Å². The molecule has 1 rings (SSSR count). The first kappa shape index (κ1) is 16.8. The number of hydrogen-bond acceptors (Lipinski definition) is 2. The van der Waals surface area contributed by atoms with Crippen LogP contribution < -0.4 is 10.6 Å². The van der Waals surface area contributed by atoms with Crippen molar-refractivity contribution in [3.63, 3.8) is 0 Å². The highest BCUT2D eigenvalue weighted by Crippen LogP contribution is 2.26. The fraction of sp³-hybridized carbons (Fsp3) is 0.615. The van der Waals surface area contributed by atoms with Crippen molar-refractivity contribution < 1.29 is 13.2 Å². The van der Waals surface area contributed by atoms with E-state index in [0.29, 0.717) is 12.5 Å². The summed E-state index contributed by atoms with van der Waals surface area (Å²) < 4.78 is 36.2. The molecule has 0 saturated heterocycles. The van der Waals surface area contributed by atoms with E-state index in [9.17, 15) is 13.2 Å². The minimum Gasteiger partial charge on any atom is -0.356 e. The molecule has 2 N–H and O–H groups in total. The Bertz CT molecular complexity index is 425. The van der Waals surface area contributed by atoms with Crippen molar-refractivity contribution >= 4 is 17.3 Å². The molecule has 0 aliphatic heterocycles. The molecule has 20 heavy (non-hydrogen) atoms. The molecule has 0 radical (unpaired) electrons. The highest BCUT2D eigenvalue weighted by atomic mass is 32.1. The Morgan fingerprint density at radius 2 is 2.00 bits per heavy atom. The maximum atomic E-state index is 12.1. The molecule has 0 aliphatic rings. The molecule has 0 spiro atoms. The topological polar surface area (TPSA) is 36.4 Å². The first-order valence-corrected chi connectivity index (χ1v) is 7.18. The van der Waals surface area contributed by atoms with Crippen LogP contribution in [0.25, 0.3) is 0 Å². The third-order valence-electron chi connectivity index (χ3n) is 2.81. The van der Waals surface area contributed by atoms with Gasteiger partial charge in [0.05, 0.1) is 6.42 Å². The lowest BCUT2D eigenvalue weighted by Crippen LogP contribution is -2.44. The molecule has 0 saturated carbocycles. The van der Waals surface area contributed by atoms with Crippen LogP contribution in [-0.4, -0.2) is 32.3 Å². The molecule has 0 aromatic carbocycles. The van der Waals surface area contributed by atoms with E-state index in [1.165, 1.54) is 4.88 Å². The Morgan fingerprint density at radius 1 is 1.30 bits per heavy atom. The number of rotatable bonds is 5. The van der Waals surface area contributed by atoms with Crippen LogP contribution in [0, 0.1) is 0 Å². The highest BCUT2D eigenvalue weighted by molar-refractivity contribution is 7.10. The van der Waals surface area contributed by atoms with Gasteiger partial charge in [0.25, 0.3) is 0 Å². The van der Waals surface area contributed by atoms with E-state index >= 15 is 0 Å². The normalized spacial score (nSPS) is 13.4. The summed E-state index contributed by atoms with van der Waals surface area (Å²) in [6.07, 6.45) is -5.02. The molecule has 3 nitrogen and oxygen atoms in total. The molecule has 0 fully saturated rings. The van der Waals surface area contributed by atoms with Crippen LogP contribution in [-0.2, 0) is 5.41 Å². The zero-order chi connectivity index (χ0) is 15.2. The predicted molar refractivity (Wildman–Crippen MR) is 77.4 cm³/mol. The van der Waals surface area contributed by atoms with E-state index < -0.39 is 12.6 Å². The third-order valence-corrected chi connectivity index (χ3v) is 4.05. The molecule has 7 heteroatoms. The van der Waals surface area contributed by atoms with Gasteiger partial charge in [0.15, 0.2) is 5.96 Å². The van der Waals surface area contributed by atoms with Crippen LogP contribution in [0.2, 0.25) is 0 Å². The van der Waals surface area contributed by atoms with Gasteiger partial charge in [0.1, 0.15) is 0 Å². The van der Waals surface area contributed by atoms with E-state index in [1.54, 1.807) is 18.4 Å². The number of nitrogens with zero attached hydrogens (tertiary/aromatic N) is 1. The SMILES string of the molecule is CN=C(NCCC(F)(F)F)NCC(C)(C)c1cccs1. The first-order valence-electron chi connectivity index (χ1n) is 6.30. The van der Waals surface area contributed by atoms with Crippen LogP contribution >= 0.6 is 11.3 Å². The maximum Gasteiger partial charge on any atom is 0.390 e. The van der Waals surface area contributed by atoms with Crippen molar-refractivity contribution in [2.45, 2.75) is 31.9 Å². The molecule has 114 valence electrons. The molecule has 0 unspecified atom stereocenters. The zero-order valence-corrected chi connectivity index (χ0v) is 12.7. The number of thiophene rings is 1. The molecule has 0 amide bonds. The lowest BCUT2D eigenvalue weighted by atomic mass is 9.91. The molecule has 0 bridgehead atoms. The van der Waals surface area contributed by atoms with E-state index in [4.69, 9.17) is 0 Å². The second-order valence-corrected chi connectivity index (χ2v) is 6.03. The summed E-state index contributed by atoms with van der Waals surface area (Å²) >= 11 is 1.66. The summed E-state index contributed by atoms with van der Waals surface area (Å²) in [6.45, 7) is 4.57. The van der Waals surface area contributed by atoms with Crippen LogP contribution in [0.1, 0.15) is 25.1 Å². The Morgan fingerprint density at radius 3 is 2.50 bits per heavy atom. The lowest BCUT2D eigenvalue weighted by Gasteiger charge is -2.25. The van der Waals surface area contributed by atoms with E-state index in [2.05, 4.69) is 29.5 Å². The fourth-order valence-electron chi connectivity index (χ4n) is 1.60. The summed E-state index contributed by atoms with van der Waals surface area (Å²) in [5.74, 6) is 0.388. The second kappa shape index (κ2) is 6.97. The van der Waals surface area contributed by atoms with Gasteiger partial charge in [0, 0.05) is 30.4 Å². The van der Waals surface area contributed by atoms with Crippen molar-refractivity contribution in [1.82, 2.24) is 10.6 Å². The van der Waals surface area contributed by atoms with Gasteiger partial charge in [-0.1, -0.05) is 19.9 Å². The average molecular weight is 307 g/mol. The summed E-state index contributed by atoms with van der Waals surface area (Å²) in [5.41, 5.74) is -0.101. The minimum absolute atomic E-state index is 0.101. The van der Waals surface area contributed by atoms with Crippen molar-refractivity contribution in [3.8, 4) is 0 Å². The molecule has 1 aromatic heterocycles. The summed E-state index contributed by atoms with van der Waals surface area (Å²) in [4.78, 5) is 5.14. The van der Waals surface area contributed by atoms with E-state index in [-0.39, 0.29) is 12.0 Å². The van der Waals surface area contributed by atoms with Gasteiger partial charge < -0.3 is 10.6 Å². The maximum absolute atomic E-state index is 12.1. The average Bonchev–Trinajstić information content (AvgIpc) is 2.86. The van der Waals surface area contributed by atoms with Crippen molar-refractivity contribution in [2.24, 2.45) is 4.99 Å². The minimum atomic E-state index is -4.15. The number of guanidine groups is 1. The Kier molecular flexibility index (Phi) is 5.86. The van der Waals surface area contributed by atoms with Gasteiger partial charge in [-0.3, -0.25) is 4.99 Å². The number of alkyl halides is 3. The summed E-state index contributed by atoms with van der Waals surface area (Å²) in [6, 6.07) is 4.03. The number of aliphatic imine (C=N–C) groups is 1. The van der Waals surface area contributed by atoms with Crippen LogP contribution in [0.3, 0.4) is 0 Å². The van der Waals surface area contributed by atoms with Crippen molar-refractivity contribution in [3.05, 3.63) is 22.4 Å². The molecular formula is C13H20F3N3S. The number of halogens is 3. The van der Waals surface area contributed by atoms with Crippen molar-refractivity contribution in [1.29, 1.82) is 0 Å². The second-order valence-electron chi connectivity index (χ2n) is 5.08. The smallest absolute Gasteiger partial charge is 0.356 e. The molecule has 0 aliphatic carbocycles. The van der Waals surface area contributed by atoms with Gasteiger partial charge in [-0.05, 0) is 11.4 Å². The summed E-state index contributed by atoms with van der Waals surface area (Å²) in [7, 11) is 1.54. The predicted octanol–water partition coefficient (Wildman–Crippen LogP) is 3.14. The van der Waals surface area contributed by atoms with Crippen LogP contribution in [0.4, 0.5) is 13.2 Å². The Balaban J connectivity index is 2.42.